The number of pyridine rings is 1. The molecule has 70 valence electrons. The van der Waals surface area contributed by atoms with E-state index in [-0.39, 0.29) is 0 Å². The van der Waals surface area contributed by atoms with Gasteiger partial charge in [-0.3, -0.25) is 10.4 Å². The van der Waals surface area contributed by atoms with Crippen LogP contribution in [0.15, 0.2) is 24.5 Å². The van der Waals surface area contributed by atoms with Gasteiger partial charge in [-0.05, 0) is 18.6 Å². The molecule has 3 nitrogen and oxygen atoms in total. The zero-order valence-electron chi connectivity index (χ0n) is 8.12. The Morgan fingerprint density at radius 1 is 1.62 bits per heavy atom. The summed E-state index contributed by atoms with van der Waals surface area (Å²) >= 11 is 0. The number of hydrogen-bond acceptors (Lipinski definition) is 2. The van der Waals surface area contributed by atoms with Gasteiger partial charge in [0, 0.05) is 31.5 Å². The lowest BCUT2D eigenvalue weighted by atomic mass is 10.2. The first-order valence-electron chi connectivity index (χ1n) is 4.45. The number of nitrogens with zero attached hydrogens (tertiary/aromatic N) is 2. The van der Waals surface area contributed by atoms with Crippen LogP contribution in [-0.2, 0) is 0 Å². The second kappa shape index (κ2) is 4.60. The molecule has 0 radical (unpaired) electrons. The summed E-state index contributed by atoms with van der Waals surface area (Å²) in [6, 6.07) is 3.76. The van der Waals surface area contributed by atoms with Gasteiger partial charge < -0.3 is 4.90 Å². The van der Waals surface area contributed by atoms with Crippen molar-refractivity contribution in [1.29, 1.82) is 5.41 Å². The summed E-state index contributed by atoms with van der Waals surface area (Å²) in [6.45, 7) is 3.01. The van der Waals surface area contributed by atoms with E-state index in [1.807, 2.05) is 24.1 Å². The van der Waals surface area contributed by atoms with Gasteiger partial charge in [0.05, 0.1) is 0 Å². The smallest absolute Gasteiger partial charge is 0.129 e. The molecule has 1 heterocycles. The molecule has 0 saturated heterocycles. The van der Waals surface area contributed by atoms with E-state index in [9.17, 15) is 0 Å². The Morgan fingerprint density at radius 2 is 2.38 bits per heavy atom. The fourth-order valence-corrected chi connectivity index (χ4v) is 1.17. The van der Waals surface area contributed by atoms with E-state index >= 15 is 0 Å². The maximum Gasteiger partial charge on any atom is 0.129 e. The molecule has 13 heavy (non-hydrogen) atoms. The Labute approximate surface area is 78.9 Å². The van der Waals surface area contributed by atoms with Gasteiger partial charge in [0.15, 0.2) is 0 Å². The van der Waals surface area contributed by atoms with Crippen LogP contribution in [0.25, 0.3) is 0 Å². The summed E-state index contributed by atoms with van der Waals surface area (Å²) in [4.78, 5) is 5.91. The molecule has 0 amide bonds. The lowest BCUT2D eigenvalue weighted by Gasteiger charge is -2.18. The summed E-state index contributed by atoms with van der Waals surface area (Å²) in [6.07, 6.45) is 4.49. The topological polar surface area (TPSA) is 40.0 Å². The summed E-state index contributed by atoms with van der Waals surface area (Å²) in [5, 5.41) is 7.82. The average Bonchev–Trinajstić information content (AvgIpc) is 2.18. The molecule has 0 aromatic carbocycles. The molecule has 0 saturated carbocycles. The van der Waals surface area contributed by atoms with Gasteiger partial charge in [0.25, 0.3) is 0 Å². The molecule has 0 unspecified atom stereocenters. The van der Waals surface area contributed by atoms with Gasteiger partial charge >= 0.3 is 0 Å². The molecule has 1 rings (SSSR count). The van der Waals surface area contributed by atoms with Crippen LogP contribution in [0.4, 0.5) is 0 Å². The quantitative estimate of drug-likeness (QED) is 0.564. The van der Waals surface area contributed by atoms with E-state index in [4.69, 9.17) is 5.41 Å². The summed E-state index contributed by atoms with van der Waals surface area (Å²) < 4.78 is 0. The summed E-state index contributed by atoms with van der Waals surface area (Å²) in [7, 11) is 1.93. The van der Waals surface area contributed by atoms with Gasteiger partial charge in [-0.2, -0.15) is 0 Å². The molecule has 0 aliphatic rings. The molecule has 0 spiro atoms. The first-order valence-corrected chi connectivity index (χ1v) is 4.45. The Hall–Kier alpha value is -1.38. The van der Waals surface area contributed by atoms with E-state index in [0.29, 0.717) is 5.84 Å². The normalized spacial score (nSPS) is 9.69. The lowest BCUT2D eigenvalue weighted by molar-refractivity contribution is 0.498. The van der Waals surface area contributed by atoms with Crippen molar-refractivity contribution < 1.29 is 0 Å². The van der Waals surface area contributed by atoms with Gasteiger partial charge in [-0.15, -0.1) is 0 Å². The van der Waals surface area contributed by atoms with Gasteiger partial charge in [0.1, 0.15) is 5.84 Å². The maximum absolute atomic E-state index is 7.82. The Morgan fingerprint density at radius 3 is 2.92 bits per heavy atom. The van der Waals surface area contributed by atoms with E-state index in [1.165, 1.54) is 0 Å². The third kappa shape index (κ3) is 2.54. The molecule has 0 bridgehead atoms. The van der Waals surface area contributed by atoms with Crippen LogP contribution in [0.3, 0.4) is 0 Å². The molecule has 0 aliphatic heterocycles. The fraction of sp³-hybridized carbons (Fsp3) is 0.400. The highest BCUT2D eigenvalue weighted by molar-refractivity contribution is 5.95. The van der Waals surface area contributed by atoms with E-state index in [1.54, 1.807) is 12.4 Å². The molecular weight excluding hydrogens is 162 g/mol. The standard InChI is InChI=1S/C10H15N3/c1-3-7-13(2)10(11)9-5-4-6-12-8-9/h4-6,8,11H,3,7H2,1-2H3. The minimum atomic E-state index is 0.537. The van der Waals surface area contributed by atoms with E-state index in [2.05, 4.69) is 11.9 Å². The predicted octanol–water partition coefficient (Wildman–Crippen LogP) is 1.75. The first kappa shape index (κ1) is 9.71. The number of hydrogen-bond donors (Lipinski definition) is 1. The molecule has 1 aromatic heterocycles. The third-order valence-corrected chi connectivity index (χ3v) is 1.88. The second-order valence-corrected chi connectivity index (χ2v) is 3.01. The van der Waals surface area contributed by atoms with Crippen molar-refractivity contribution in [1.82, 2.24) is 9.88 Å². The number of nitrogens with one attached hydrogen (secondary N) is 1. The third-order valence-electron chi connectivity index (χ3n) is 1.88. The molecule has 0 atom stereocenters. The Bertz CT molecular complexity index is 269. The number of aromatic nitrogens is 1. The van der Waals surface area contributed by atoms with E-state index in [0.717, 1.165) is 18.5 Å². The zero-order chi connectivity index (χ0) is 9.68. The van der Waals surface area contributed by atoms with Crippen molar-refractivity contribution >= 4 is 5.84 Å². The first-order chi connectivity index (χ1) is 6.25. The average molecular weight is 177 g/mol. The minimum absolute atomic E-state index is 0.537. The van der Waals surface area contributed by atoms with Gasteiger partial charge in [-0.1, -0.05) is 6.92 Å². The highest BCUT2D eigenvalue weighted by Crippen LogP contribution is 2.01. The van der Waals surface area contributed by atoms with Crippen LogP contribution < -0.4 is 0 Å². The molecule has 1 aromatic rings. The lowest BCUT2D eigenvalue weighted by Crippen LogP contribution is -2.27. The maximum atomic E-state index is 7.82. The minimum Gasteiger partial charge on any atom is -0.360 e. The summed E-state index contributed by atoms with van der Waals surface area (Å²) in [5.41, 5.74) is 0.874. The molecular formula is C10H15N3. The second-order valence-electron chi connectivity index (χ2n) is 3.01. The molecule has 3 heteroatoms. The van der Waals surface area contributed by atoms with Crippen LogP contribution in [0, 0.1) is 5.41 Å². The zero-order valence-corrected chi connectivity index (χ0v) is 8.12. The van der Waals surface area contributed by atoms with Crippen molar-refractivity contribution in [2.45, 2.75) is 13.3 Å². The Balaban J connectivity index is 2.68. The predicted molar refractivity (Wildman–Crippen MR) is 54.0 cm³/mol. The highest BCUT2D eigenvalue weighted by Gasteiger charge is 2.04. The van der Waals surface area contributed by atoms with Crippen molar-refractivity contribution in [2.24, 2.45) is 0 Å². The van der Waals surface area contributed by atoms with Crippen LogP contribution in [-0.4, -0.2) is 29.3 Å². The molecule has 0 aliphatic carbocycles. The highest BCUT2D eigenvalue weighted by atomic mass is 15.1. The van der Waals surface area contributed by atoms with Crippen molar-refractivity contribution in [3.8, 4) is 0 Å². The van der Waals surface area contributed by atoms with Gasteiger partial charge in [0.2, 0.25) is 0 Å². The van der Waals surface area contributed by atoms with Crippen LogP contribution in [0.2, 0.25) is 0 Å². The molecule has 1 N–H and O–H groups in total. The van der Waals surface area contributed by atoms with Crippen molar-refractivity contribution in [2.75, 3.05) is 13.6 Å². The number of amidine groups is 1. The van der Waals surface area contributed by atoms with Crippen molar-refractivity contribution in [3.05, 3.63) is 30.1 Å². The van der Waals surface area contributed by atoms with Crippen molar-refractivity contribution in [3.63, 3.8) is 0 Å². The monoisotopic (exact) mass is 177 g/mol. The largest absolute Gasteiger partial charge is 0.360 e. The molecule has 0 fully saturated rings. The van der Waals surface area contributed by atoms with Crippen LogP contribution in [0.1, 0.15) is 18.9 Å². The Kier molecular flexibility index (Phi) is 3.43. The SMILES string of the molecule is CCCN(C)C(=N)c1cccnc1. The van der Waals surface area contributed by atoms with Crippen LogP contribution in [0.5, 0.6) is 0 Å². The summed E-state index contributed by atoms with van der Waals surface area (Å²) in [5.74, 6) is 0.537. The van der Waals surface area contributed by atoms with E-state index < -0.39 is 0 Å². The van der Waals surface area contributed by atoms with Gasteiger partial charge in [-0.25, -0.2) is 0 Å². The number of rotatable bonds is 3. The van der Waals surface area contributed by atoms with Crippen LogP contribution >= 0.6 is 0 Å². The fourth-order valence-electron chi connectivity index (χ4n) is 1.17.